The molecule has 138 valence electrons. The van der Waals surface area contributed by atoms with Crippen molar-refractivity contribution in [2.75, 3.05) is 0 Å². The topological polar surface area (TPSA) is 0 Å². The van der Waals surface area contributed by atoms with Crippen molar-refractivity contribution in [3.63, 3.8) is 0 Å². The maximum atomic E-state index is 2.40. The lowest BCUT2D eigenvalue weighted by Crippen LogP contribution is -2.07. The van der Waals surface area contributed by atoms with E-state index in [0.29, 0.717) is 0 Å². The van der Waals surface area contributed by atoms with Crippen LogP contribution in [-0.4, -0.2) is 0 Å². The van der Waals surface area contributed by atoms with Crippen LogP contribution in [0.4, 0.5) is 0 Å². The van der Waals surface area contributed by atoms with Crippen molar-refractivity contribution in [3.8, 4) is 0 Å². The van der Waals surface area contributed by atoms with Gasteiger partial charge in [0.1, 0.15) is 0 Å². The van der Waals surface area contributed by atoms with Crippen LogP contribution < -0.4 is 0 Å². The Morgan fingerprint density at radius 3 is 1.41 bits per heavy atom. The molecule has 0 aromatic heterocycles. The highest BCUT2D eigenvalue weighted by atomic mass is 32.2. The third kappa shape index (κ3) is 4.30. The molecule has 0 N–H and O–H groups in total. The summed E-state index contributed by atoms with van der Waals surface area (Å²) in [5.41, 5.74) is 4.17. The third-order valence-corrected chi connectivity index (χ3v) is 7.94. The Labute approximate surface area is 167 Å². The molecule has 27 heavy (non-hydrogen) atoms. The lowest BCUT2D eigenvalue weighted by atomic mass is 9.84. The lowest BCUT2D eigenvalue weighted by Gasteiger charge is -2.22. The minimum atomic E-state index is -0.0444. The molecule has 0 bridgehead atoms. The predicted octanol–water partition coefficient (Wildman–Crippen LogP) is 7.45. The zero-order valence-corrected chi connectivity index (χ0v) is 17.3. The van der Waals surface area contributed by atoms with E-state index < -0.39 is 0 Å². The van der Waals surface area contributed by atoms with Crippen LogP contribution >= 0.6 is 0 Å². The van der Waals surface area contributed by atoms with Crippen LogP contribution in [0.25, 0.3) is 0 Å². The fourth-order valence-electron chi connectivity index (χ4n) is 4.07. The minimum Gasteiger partial charge on any atom is -0.0543 e. The van der Waals surface area contributed by atoms with E-state index in [1.54, 1.807) is 0 Å². The van der Waals surface area contributed by atoms with E-state index in [0.717, 1.165) is 5.92 Å². The molecule has 0 atom stereocenters. The van der Waals surface area contributed by atoms with Gasteiger partial charge in [-0.2, -0.15) is 0 Å². The summed E-state index contributed by atoms with van der Waals surface area (Å²) in [5, 5.41) is 0. The van der Waals surface area contributed by atoms with Crippen molar-refractivity contribution in [1.29, 1.82) is 0 Å². The molecule has 3 aromatic rings. The van der Waals surface area contributed by atoms with E-state index in [1.165, 1.54) is 63.5 Å². The number of rotatable bonds is 4. The van der Waals surface area contributed by atoms with E-state index in [2.05, 4.69) is 86.6 Å². The monoisotopic (exact) mass is 373 g/mol. The maximum Gasteiger partial charge on any atom is 0.166 e. The standard InChI is InChI=1S/C26H29S/c1-20-8-14-24(15-9-20)27(25-16-10-21(2)11-17-25)26-18-12-23(13-19-26)22-6-4-3-5-7-22/h8-19,22H,3-7H2,1-2H3/q+1. The lowest BCUT2D eigenvalue weighted by molar-refractivity contribution is 0.443. The molecular weight excluding hydrogens is 344 g/mol. The Morgan fingerprint density at radius 1 is 0.556 bits per heavy atom. The second-order valence-corrected chi connectivity index (χ2v) is 9.86. The number of hydrogen-bond acceptors (Lipinski definition) is 0. The van der Waals surface area contributed by atoms with Gasteiger partial charge in [-0.3, -0.25) is 0 Å². The zero-order chi connectivity index (χ0) is 18.6. The molecule has 0 nitrogen and oxygen atoms in total. The van der Waals surface area contributed by atoms with Crippen molar-refractivity contribution in [1.82, 2.24) is 0 Å². The first-order valence-corrected chi connectivity index (χ1v) is 11.4. The van der Waals surface area contributed by atoms with Gasteiger partial charge < -0.3 is 0 Å². The molecule has 0 saturated heterocycles. The van der Waals surface area contributed by atoms with Gasteiger partial charge in [0.15, 0.2) is 14.7 Å². The summed E-state index contributed by atoms with van der Waals surface area (Å²) in [6, 6.07) is 27.7. The van der Waals surface area contributed by atoms with Gasteiger partial charge in [-0.15, -0.1) is 0 Å². The Balaban J connectivity index is 1.69. The van der Waals surface area contributed by atoms with Crippen molar-refractivity contribution >= 4 is 10.9 Å². The van der Waals surface area contributed by atoms with Crippen LogP contribution in [0, 0.1) is 13.8 Å². The summed E-state index contributed by atoms with van der Waals surface area (Å²) in [6.45, 7) is 4.32. The summed E-state index contributed by atoms with van der Waals surface area (Å²) in [6.07, 6.45) is 6.92. The largest absolute Gasteiger partial charge is 0.166 e. The van der Waals surface area contributed by atoms with Crippen molar-refractivity contribution in [2.24, 2.45) is 0 Å². The van der Waals surface area contributed by atoms with Gasteiger partial charge in [0, 0.05) is 0 Å². The minimum absolute atomic E-state index is 0.0444. The predicted molar refractivity (Wildman–Crippen MR) is 117 cm³/mol. The number of benzene rings is 3. The van der Waals surface area contributed by atoms with Crippen LogP contribution in [-0.2, 0) is 10.9 Å². The molecule has 0 spiro atoms. The van der Waals surface area contributed by atoms with Gasteiger partial charge in [-0.1, -0.05) is 66.8 Å². The molecular formula is C26H29S+. The molecule has 0 amide bonds. The van der Waals surface area contributed by atoms with Crippen LogP contribution in [0.5, 0.6) is 0 Å². The summed E-state index contributed by atoms with van der Waals surface area (Å²) in [7, 11) is -0.0444. The van der Waals surface area contributed by atoms with Crippen molar-refractivity contribution in [2.45, 2.75) is 66.6 Å². The number of hydrogen-bond donors (Lipinski definition) is 0. The van der Waals surface area contributed by atoms with Crippen molar-refractivity contribution in [3.05, 3.63) is 89.5 Å². The smallest absolute Gasteiger partial charge is 0.0543 e. The second-order valence-electron chi connectivity index (χ2n) is 7.84. The van der Waals surface area contributed by atoms with Crippen molar-refractivity contribution < 1.29 is 0 Å². The Bertz CT molecular complexity index is 808. The normalized spacial score (nSPS) is 15.2. The van der Waals surface area contributed by atoms with Gasteiger partial charge in [0.25, 0.3) is 0 Å². The second kappa shape index (κ2) is 8.35. The fourth-order valence-corrected chi connectivity index (χ4v) is 6.11. The van der Waals surface area contributed by atoms with Gasteiger partial charge in [0.2, 0.25) is 0 Å². The van der Waals surface area contributed by atoms with Gasteiger partial charge >= 0.3 is 0 Å². The molecule has 1 fully saturated rings. The quantitative estimate of drug-likeness (QED) is 0.417. The Hall–Kier alpha value is -1.99. The SMILES string of the molecule is Cc1ccc([S+](c2ccc(C)cc2)c2ccc(C3CCCCC3)cc2)cc1. The van der Waals surface area contributed by atoms with Gasteiger partial charge in [-0.05, 0) is 74.6 Å². The van der Waals surface area contributed by atoms with E-state index in [1.807, 2.05) is 0 Å². The summed E-state index contributed by atoms with van der Waals surface area (Å²) in [4.78, 5) is 4.21. The number of aryl methyl sites for hydroxylation is 2. The average Bonchev–Trinajstić information content (AvgIpc) is 2.72. The highest BCUT2D eigenvalue weighted by molar-refractivity contribution is 7.97. The van der Waals surface area contributed by atoms with E-state index >= 15 is 0 Å². The Kier molecular flexibility index (Phi) is 5.69. The summed E-state index contributed by atoms with van der Waals surface area (Å²) < 4.78 is 0. The first-order valence-electron chi connectivity index (χ1n) is 10.2. The third-order valence-electron chi connectivity index (χ3n) is 5.71. The molecule has 0 aliphatic heterocycles. The molecule has 0 heterocycles. The zero-order valence-electron chi connectivity index (χ0n) is 16.4. The molecule has 1 aliphatic carbocycles. The molecule has 4 rings (SSSR count). The molecule has 1 saturated carbocycles. The molecule has 0 unspecified atom stereocenters. The molecule has 3 aromatic carbocycles. The van der Waals surface area contributed by atoms with Crippen LogP contribution in [0.15, 0.2) is 87.5 Å². The Morgan fingerprint density at radius 2 is 0.963 bits per heavy atom. The first kappa shape index (κ1) is 18.4. The fraction of sp³-hybridized carbons (Fsp3) is 0.308. The van der Waals surface area contributed by atoms with Crippen LogP contribution in [0.3, 0.4) is 0 Å². The van der Waals surface area contributed by atoms with E-state index in [-0.39, 0.29) is 10.9 Å². The molecule has 1 heteroatoms. The first-order chi connectivity index (χ1) is 13.2. The molecule has 1 aliphatic rings. The maximum absolute atomic E-state index is 2.40. The van der Waals surface area contributed by atoms with Crippen LogP contribution in [0.2, 0.25) is 0 Å². The van der Waals surface area contributed by atoms with Crippen LogP contribution in [0.1, 0.15) is 54.7 Å². The summed E-state index contributed by atoms with van der Waals surface area (Å²) in [5.74, 6) is 0.772. The van der Waals surface area contributed by atoms with Gasteiger partial charge in [0.05, 0.1) is 10.9 Å². The van der Waals surface area contributed by atoms with E-state index in [9.17, 15) is 0 Å². The molecule has 0 radical (unpaired) electrons. The van der Waals surface area contributed by atoms with E-state index in [4.69, 9.17) is 0 Å². The highest BCUT2D eigenvalue weighted by Gasteiger charge is 2.28. The van der Waals surface area contributed by atoms with Gasteiger partial charge in [-0.25, -0.2) is 0 Å². The summed E-state index contributed by atoms with van der Waals surface area (Å²) >= 11 is 0. The highest BCUT2D eigenvalue weighted by Crippen LogP contribution is 2.35. The average molecular weight is 374 g/mol.